The highest BCUT2D eigenvalue weighted by Gasteiger charge is 2.30. The van der Waals surface area contributed by atoms with E-state index in [1.807, 2.05) is 6.07 Å². The topological polar surface area (TPSA) is 113 Å². The van der Waals surface area contributed by atoms with Crippen LogP contribution in [0.1, 0.15) is 37.2 Å². The Morgan fingerprint density at radius 3 is 2.56 bits per heavy atom. The Morgan fingerprint density at radius 2 is 1.93 bits per heavy atom. The molecule has 0 bridgehead atoms. The summed E-state index contributed by atoms with van der Waals surface area (Å²) in [5.74, 6) is 4.49. The number of H-pyrrole nitrogens is 1. The van der Waals surface area contributed by atoms with Crippen molar-refractivity contribution in [2.24, 2.45) is 5.14 Å². The normalized spacial score (nSPS) is 26.6. The predicted octanol–water partition coefficient (Wildman–Crippen LogP) is 0.747. The Hall–Kier alpha value is -1.81. The molecule has 4 rings (SSSR count). The van der Waals surface area contributed by atoms with Gasteiger partial charge in [0.2, 0.25) is 5.82 Å². The van der Waals surface area contributed by atoms with E-state index in [2.05, 4.69) is 42.8 Å². The lowest BCUT2D eigenvalue weighted by Crippen LogP contribution is -2.49. The maximum atomic E-state index is 12.6. The number of nitrogens with one attached hydrogen (secondary N) is 2. The van der Waals surface area contributed by atoms with Crippen molar-refractivity contribution in [1.82, 2.24) is 30.8 Å². The van der Waals surface area contributed by atoms with Gasteiger partial charge in [-0.15, -0.1) is 10.2 Å². The second-order valence-corrected chi connectivity index (χ2v) is 9.37. The lowest BCUT2D eigenvalue weighted by Gasteiger charge is -2.39. The van der Waals surface area contributed by atoms with E-state index in [-0.39, 0.29) is 0 Å². The van der Waals surface area contributed by atoms with Crippen molar-refractivity contribution in [2.75, 3.05) is 26.2 Å². The van der Waals surface area contributed by atoms with Gasteiger partial charge in [-0.25, -0.2) is 4.21 Å². The molecule has 1 aromatic carbocycles. The van der Waals surface area contributed by atoms with Gasteiger partial charge in [0.15, 0.2) is 0 Å². The molecule has 2 aliphatic rings. The van der Waals surface area contributed by atoms with Crippen molar-refractivity contribution in [3.05, 3.63) is 23.8 Å². The van der Waals surface area contributed by atoms with Gasteiger partial charge >= 0.3 is 0 Å². The summed E-state index contributed by atoms with van der Waals surface area (Å²) in [5.41, 5.74) is 1.84. The fourth-order valence-electron chi connectivity index (χ4n) is 4.48. The molecule has 2 aromatic rings. The molecule has 0 radical (unpaired) electrons. The van der Waals surface area contributed by atoms with Crippen LogP contribution in [-0.2, 0) is 9.71 Å². The molecule has 1 aromatic heterocycles. The van der Waals surface area contributed by atoms with Crippen molar-refractivity contribution in [2.45, 2.75) is 42.5 Å². The van der Waals surface area contributed by atoms with Crippen molar-refractivity contribution < 1.29 is 4.21 Å². The van der Waals surface area contributed by atoms with Crippen molar-refractivity contribution in [3.63, 3.8) is 0 Å². The van der Waals surface area contributed by atoms with Crippen LogP contribution in [-0.4, -0.2) is 67.8 Å². The van der Waals surface area contributed by atoms with Crippen LogP contribution in [0.4, 0.5) is 0 Å². The summed E-state index contributed by atoms with van der Waals surface area (Å²) in [5, 5.41) is 23.8. The lowest BCUT2D eigenvalue weighted by atomic mass is 9.79. The molecular formula is C18H27N7OS. The first kappa shape index (κ1) is 18.5. The van der Waals surface area contributed by atoms with Crippen molar-refractivity contribution in [1.29, 1.82) is 0 Å². The molecule has 2 heterocycles. The number of nitrogens with two attached hydrogens (primary N) is 1. The van der Waals surface area contributed by atoms with Gasteiger partial charge in [-0.3, -0.25) is 10.0 Å². The fraction of sp³-hybridized carbons (Fsp3) is 0.556. The van der Waals surface area contributed by atoms with Gasteiger partial charge in [0.05, 0.1) is 14.6 Å². The highest BCUT2D eigenvalue weighted by molar-refractivity contribution is 7.98. The highest BCUT2D eigenvalue weighted by atomic mass is 32.2. The molecule has 9 heteroatoms. The van der Waals surface area contributed by atoms with Crippen LogP contribution in [0.15, 0.2) is 23.1 Å². The number of tetrazole rings is 1. The summed E-state index contributed by atoms with van der Waals surface area (Å²) in [7, 11) is -2.89. The number of benzene rings is 1. The van der Waals surface area contributed by atoms with Crippen LogP contribution in [0.2, 0.25) is 0 Å². The minimum absolute atomic E-state index is 0.374. The van der Waals surface area contributed by atoms with Crippen LogP contribution in [0, 0.1) is 0 Å². The van der Waals surface area contributed by atoms with Crippen LogP contribution in [0.5, 0.6) is 0 Å². The third-order valence-corrected chi connectivity index (χ3v) is 6.89. The third-order valence-electron chi connectivity index (χ3n) is 5.80. The van der Waals surface area contributed by atoms with E-state index in [4.69, 9.17) is 5.14 Å². The quantitative estimate of drug-likeness (QED) is 0.665. The Balaban J connectivity index is 1.61. The van der Waals surface area contributed by atoms with Gasteiger partial charge in [0.1, 0.15) is 0 Å². The number of aromatic nitrogens is 4. The number of nitrogens with zero attached hydrogens (tertiary/aromatic N) is 4. The van der Waals surface area contributed by atoms with Gasteiger partial charge in [-0.1, -0.05) is 12.1 Å². The van der Waals surface area contributed by atoms with E-state index in [9.17, 15) is 4.21 Å². The minimum Gasteiger partial charge on any atom is -0.314 e. The van der Waals surface area contributed by atoms with Gasteiger partial charge in [-0.2, -0.15) is 5.21 Å². The molecule has 1 saturated carbocycles. The standard InChI is InChI=1S/C18H27N7OS/c1-27(19,26)16-4-2-3-15(17(16)18-21-23-24-22-18)13-5-7-14(8-6-13)25-11-9-20-10-12-25/h2-4,13-14,20H,1,5-12H2,(H2,19,26)(H,21,22,23,24). The first-order valence-corrected chi connectivity index (χ1v) is 11.3. The summed E-state index contributed by atoms with van der Waals surface area (Å²) in [6, 6.07) is 6.41. The Labute approximate surface area is 160 Å². The van der Waals surface area contributed by atoms with E-state index < -0.39 is 9.71 Å². The number of hydrogen-bond acceptors (Lipinski definition) is 6. The summed E-state index contributed by atoms with van der Waals surface area (Å²) < 4.78 is 12.6. The van der Waals surface area contributed by atoms with Crippen LogP contribution in [0.25, 0.3) is 11.4 Å². The van der Waals surface area contributed by atoms with Crippen molar-refractivity contribution >= 4 is 15.6 Å². The zero-order valence-corrected chi connectivity index (χ0v) is 16.2. The lowest BCUT2D eigenvalue weighted by molar-refractivity contribution is 0.133. The van der Waals surface area contributed by atoms with Crippen LogP contribution in [0.3, 0.4) is 0 Å². The molecule has 27 heavy (non-hydrogen) atoms. The number of aromatic amines is 1. The molecule has 8 nitrogen and oxygen atoms in total. The molecule has 0 spiro atoms. The zero-order chi connectivity index (χ0) is 18.9. The number of hydrogen-bond donors (Lipinski definition) is 3. The first-order valence-electron chi connectivity index (χ1n) is 9.50. The number of piperazine rings is 1. The predicted molar refractivity (Wildman–Crippen MR) is 107 cm³/mol. The fourth-order valence-corrected chi connectivity index (χ4v) is 5.35. The SMILES string of the molecule is C=S(N)(=O)c1cccc(C2CCC(N3CCNCC3)CC2)c1-c1nn[nH]n1. The molecule has 1 saturated heterocycles. The Kier molecular flexibility index (Phi) is 5.27. The van der Waals surface area contributed by atoms with E-state index in [0.29, 0.717) is 22.7 Å². The zero-order valence-electron chi connectivity index (χ0n) is 15.4. The molecule has 1 unspecified atom stereocenters. The molecule has 1 atom stereocenters. The van der Waals surface area contributed by atoms with E-state index in [1.165, 1.54) is 12.8 Å². The summed E-state index contributed by atoms with van der Waals surface area (Å²) in [6.45, 7) is 4.43. The molecule has 0 amide bonds. The van der Waals surface area contributed by atoms with Gasteiger partial charge in [0.25, 0.3) is 0 Å². The van der Waals surface area contributed by atoms with Crippen molar-refractivity contribution in [3.8, 4) is 11.4 Å². The minimum atomic E-state index is -2.89. The average Bonchev–Trinajstić information content (AvgIpc) is 3.22. The van der Waals surface area contributed by atoms with Gasteiger partial charge < -0.3 is 5.32 Å². The molecule has 2 fully saturated rings. The van der Waals surface area contributed by atoms with Gasteiger partial charge in [0, 0.05) is 37.8 Å². The van der Waals surface area contributed by atoms with Gasteiger partial charge in [-0.05, 0) is 54.3 Å². The monoisotopic (exact) mass is 389 g/mol. The van der Waals surface area contributed by atoms with E-state index in [0.717, 1.165) is 50.1 Å². The summed E-state index contributed by atoms with van der Waals surface area (Å²) >= 11 is 0. The smallest absolute Gasteiger partial charge is 0.206 e. The maximum Gasteiger partial charge on any atom is 0.206 e. The molecule has 4 N–H and O–H groups in total. The van der Waals surface area contributed by atoms with E-state index in [1.54, 1.807) is 6.07 Å². The molecular weight excluding hydrogens is 362 g/mol. The Bertz CT molecular complexity index is 867. The largest absolute Gasteiger partial charge is 0.314 e. The molecule has 1 aliphatic heterocycles. The van der Waals surface area contributed by atoms with E-state index >= 15 is 0 Å². The highest BCUT2D eigenvalue weighted by Crippen LogP contribution is 2.40. The summed E-state index contributed by atoms with van der Waals surface area (Å²) in [6.07, 6.45) is 4.52. The van der Waals surface area contributed by atoms with Crippen LogP contribution < -0.4 is 10.5 Å². The second-order valence-electron chi connectivity index (χ2n) is 7.47. The second kappa shape index (κ2) is 7.67. The number of rotatable bonds is 4. The molecule has 1 aliphatic carbocycles. The average molecular weight is 390 g/mol. The van der Waals surface area contributed by atoms with Crippen LogP contribution >= 0.6 is 0 Å². The third kappa shape index (κ3) is 3.91. The summed E-state index contributed by atoms with van der Waals surface area (Å²) in [4.78, 5) is 3.12. The molecule has 146 valence electrons. The maximum absolute atomic E-state index is 12.6. The first-order chi connectivity index (χ1) is 13.0. The Morgan fingerprint density at radius 1 is 1.19 bits per heavy atom.